The van der Waals surface area contributed by atoms with Gasteiger partial charge < -0.3 is 15.4 Å². The van der Waals surface area contributed by atoms with Gasteiger partial charge in [0.2, 0.25) is 0 Å². The highest BCUT2D eigenvalue weighted by Gasteiger charge is 2.12. The molecule has 0 fully saturated rings. The van der Waals surface area contributed by atoms with Gasteiger partial charge >= 0.3 is 0 Å². The van der Waals surface area contributed by atoms with Crippen molar-refractivity contribution < 1.29 is 4.74 Å². The summed E-state index contributed by atoms with van der Waals surface area (Å²) >= 11 is 0. The highest BCUT2D eigenvalue weighted by atomic mass is 16.5. The summed E-state index contributed by atoms with van der Waals surface area (Å²) in [5.41, 5.74) is 2.36. The number of nitrogens with zero attached hydrogens (tertiary/aromatic N) is 1. The van der Waals surface area contributed by atoms with Crippen molar-refractivity contribution in [2.45, 2.75) is 26.8 Å². The zero-order valence-corrected chi connectivity index (χ0v) is 11.9. The molecule has 1 aromatic carbocycles. The van der Waals surface area contributed by atoms with E-state index in [0.29, 0.717) is 0 Å². The number of guanidine groups is 1. The van der Waals surface area contributed by atoms with E-state index in [1.807, 2.05) is 19.1 Å². The van der Waals surface area contributed by atoms with Crippen molar-refractivity contribution in [1.29, 1.82) is 0 Å². The molecule has 0 aliphatic carbocycles. The van der Waals surface area contributed by atoms with E-state index in [0.717, 1.165) is 23.8 Å². The molecule has 0 aliphatic heterocycles. The molecular weight excluding hydrogens is 226 g/mol. The Labute approximate surface area is 109 Å². The monoisotopic (exact) mass is 249 g/mol. The second-order valence-corrected chi connectivity index (χ2v) is 4.21. The number of hydrogen-bond acceptors (Lipinski definition) is 2. The topological polar surface area (TPSA) is 45.7 Å². The van der Waals surface area contributed by atoms with Crippen LogP contribution in [0.25, 0.3) is 0 Å². The lowest BCUT2D eigenvalue weighted by molar-refractivity contribution is 0.405. The third kappa shape index (κ3) is 3.65. The summed E-state index contributed by atoms with van der Waals surface area (Å²) in [6.07, 6.45) is 0. The lowest BCUT2D eigenvalue weighted by Gasteiger charge is -2.20. The van der Waals surface area contributed by atoms with Crippen molar-refractivity contribution in [1.82, 2.24) is 10.6 Å². The Morgan fingerprint density at radius 2 is 2.17 bits per heavy atom. The van der Waals surface area contributed by atoms with Crippen LogP contribution in [-0.4, -0.2) is 26.7 Å². The van der Waals surface area contributed by atoms with Crippen LogP contribution in [0.2, 0.25) is 0 Å². The minimum atomic E-state index is 0.137. The SMILES string of the molecule is CCNC(=NC)NC(C)c1cc(C)ccc1OC. The Hall–Kier alpha value is -1.71. The number of hydrogen-bond donors (Lipinski definition) is 2. The van der Waals surface area contributed by atoms with Crippen LogP contribution in [0.5, 0.6) is 5.75 Å². The van der Waals surface area contributed by atoms with E-state index in [2.05, 4.69) is 35.5 Å². The van der Waals surface area contributed by atoms with Crippen molar-refractivity contribution >= 4 is 5.96 Å². The fourth-order valence-corrected chi connectivity index (χ4v) is 1.84. The van der Waals surface area contributed by atoms with E-state index < -0.39 is 0 Å². The van der Waals surface area contributed by atoms with Gasteiger partial charge in [-0.15, -0.1) is 0 Å². The van der Waals surface area contributed by atoms with Gasteiger partial charge in [-0.25, -0.2) is 0 Å². The van der Waals surface area contributed by atoms with Crippen LogP contribution in [0.1, 0.15) is 31.0 Å². The number of rotatable bonds is 4. The predicted molar refractivity (Wildman–Crippen MR) is 76.3 cm³/mol. The molecule has 18 heavy (non-hydrogen) atoms. The standard InChI is InChI=1S/C14H23N3O/c1-6-16-14(15-4)17-11(3)12-9-10(2)7-8-13(12)18-5/h7-9,11H,6H2,1-5H3,(H2,15,16,17). The first-order chi connectivity index (χ1) is 8.62. The molecule has 0 spiro atoms. The van der Waals surface area contributed by atoms with Gasteiger partial charge in [-0.3, -0.25) is 4.99 Å². The van der Waals surface area contributed by atoms with E-state index in [4.69, 9.17) is 4.74 Å². The van der Waals surface area contributed by atoms with Crippen LogP contribution in [0.4, 0.5) is 0 Å². The molecule has 0 amide bonds. The van der Waals surface area contributed by atoms with E-state index in [9.17, 15) is 0 Å². The highest BCUT2D eigenvalue weighted by Crippen LogP contribution is 2.25. The molecular formula is C14H23N3O. The second-order valence-electron chi connectivity index (χ2n) is 4.21. The average molecular weight is 249 g/mol. The second kappa shape index (κ2) is 6.89. The van der Waals surface area contributed by atoms with Gasteiger partial charge in [-0.05, 0) is 26.8 Å². The van der Waals surface area contributed by atoms with Gasteiger partial charge in [0.1, 0.15) is 5.75 Å². The van der Waals surface area contributed by atoms with E-state index in [1.165, 1.54) is 5.56 Å². The minimum absolute atomic E-state index is 0.137. The summed E-state index contributed by atoms with van der Waals surface area (Å²) in [6, 6.07) is 6.32. The first-order valence-corrected chi connectivity index (χ1v) is 6.24. The molecule has 0 aromatic heterocycles. The molecule has 0 saturated carbocycles. The van der Waals surface area contributed by atoms with Crippen molar-refractivity contribution in [2.75, 3.05) is 20.7 Å². The Morgan fingerprint density at radius 3 is 2.72 bits per heavy atom. The van der Waals surface area contributed by atoms with Crippen LogP contribution in [0.15, 0.2) is 23.2 Å². The molecule has 0 bridgehead atoms. The molecule has 2 N–H and O–H groups in total. The summed E-state index contributed by atoms with van der Waals surface area (Å²) in [5, 5.41) is 6.53. The summed E-state index contributed by atoms with van der Waals surface area (Å²) in [7, 11) is 3.46. The maximum Gasteiger partial charge on any atom is 0.191 e. The van der Waals surface area contributed by atoms with Crippen molar-refractivity contribution in [2.24, 2.45) is 4.99 Å². The van der Waals surface area contributed by atoms with Crippen LogP contribution >= 0.6 is 0 Å². The first kappa shape index (κ1) is 14.4. The summed E-state index contributed by atoms with van der Waals surface area (Å²) in [5.74, 6) is 1.70. The number of aliphatic imine (C=N–C) groups is 1. The molecule has 0 radical (unpaired) electrons. The summed E-state index contributed by atoms with van der Waals surface area (Å²) in [6.45, 7) is 7.07. The maximum absolute atomic E-state index is 5.40. The Morgan fingerprint density at radius 1 is 1.44 bits per heavy atom. The van der Waals surface area contributed by atoms with E-state index in [1.54, 1.807) is 14.2 Å². The quantitative estimate of drug-likeness (QED) is 0.635. The van der Waals surface area contributed by atoms with Gasteiger partial charge in [0, 0.05) is 19.2 Å². The van der Waals surface area contributed by atoms with Crippen molar-refractivity contribution in [3.05, 3.63) is 29.3 Å². The number of methoxy groups -OCH3 is 1. The molecule has 1 atom stereocenters. The van der Waals surface area contributed by atoms with Crippen LogP contribution in [0, 0.1) is 6.92 Å². The fourth-order valence-electron chi connectivity index (χ4n) is 1.84. The van der Waals surface area contributed by atoms with E-state index >= 15 is 0 Å². The lowest BCUT2D eigenvalue weighted by atomic mass is 10.0. The average Bonchev–Trinajstić information content (AvgIpc) is 2.38. The molecule has 0 aliphatic rings. The van der Waals surface area contributed by atoms with Crippen LogP contribution < -0.4 is 15.4 Å². The Balaban J connectivity index is 2.89. The van der Waals surface area contributed by atoms with Crippen molar-refractivity contribution in [3.8, 4) is 5.75 Å². The molecule has 1 rings (SSSR count). The van der Waals surface area contributed by atoms with Crippen LogP contribution in [-0.2, 0) is 0 Å². The van der Waals surface area contributed by atoms with Gasteiger partial charge in [0.15, 0.2) is 5.96 Å². The highest BCUT2D eigenvalue weighted by molar-refractivity contribution is 5.80. The smallest absolute Gasteiger partial charge is 0.191 e. The third-order valence-corrected chi connectivity index (χ3v) is 2.77. The molecule has 0 heterocycles. The number of nitrogens with one attached hydrogen (secondary N) is 2. The first-order valence-electron chi connectivity index (χ1n) is 6.24. The maximum atomic E-state index is 5.40. The van der Waals surface area contributed by atoms with E-state index in [-0.39, 0.29) is 6.04 Å². The van der Waals surface area contributed by atoms with Gasteiger partial charge in [0.05, 0.1) is 13.2 Å². The number of ether oxygens (including phenoxy) is 1. The largest absolute Gasteiger partial charge is 0.496 e. The Kier molecular flexibility index (Phi) is 5.49. The van der Waals surface area contributed by atoms with Crippen molar-refractivity contribution in [3.63, 3.8) is 0 Å². The predicted octanol–water partition coefficient (Wildman–Crippen LogP) is 2.25. The van der Waals surface area contributed by atoms with Gasteiger partial charge in [-0.2, -0.15) is 0 Å². The zero-order chi connectivity index (χ0) is 13.5. The summed E-state index contributed by atoms with van der Waals surface area (Å²) in [4.78, 5) is 4.17. The number of benzene rings is 1. The third-order valence-electron chi connectivity index (χ3n) is 2.77. The molecule has 4 nitrogen and oxygen atoms in total. The molecule has 0 saturated heterocycles. The lowest BCUT2D eigenvalue weighted by Crippen LogP contribution is -2.38. The molecule has 1 aromatic rings. The minimum Gasteiger partial charge on any atom is -0.496 e. The number of aryl methyl sites for hydroxylation is 1. The normalized spacial score (nSPS) is 13.1. The molecule has 1 unspecified atom stereocenters. The van der Waals surface area contributed by atoms with Crippen LogP contribution in [0.3, 0.4) is 0 Å². The Bertz CT molecular complexity index is 416. The van der Waals surface area contributed by atoms with Gasteiger partial charge in [-0.1, -0.05) is 17.7 Å². The molecule has 4 heteroatoms. The molecule has 100 valence electrons. The van der Waals surface area contributed by atoms with Gasteiger partial charge in [0.25, 0.3) is 0 Å². The zero-order valence-electron chi connectivity index (χ0n) is 11.9. The fraction of sp³-hybridized carbons (Fsp3) is 0.500. The summed E-state index contributed by atoms with van der Waals surface area (Å²) < 4.78 is 5.40.